The maximum Gasteiger partial charge on any atom is 0.411 e. The van der Waals surface area contributed by atoms with Gasteiger partial charge in [0.05, 0.1) is 7.11 Å². The lowest BCUT2D eigenvalue weighted by Gasteiger charge is -2.36. The van der Waals surface area contributed by atoms with E-state index in [2.05, 4.69) is 0 Å². The van der Waals surface area contributed by atoms with Gasteiger partial charge in [-0.05, 0) is 68.1 Å². The number of carbonyl (C=O) groups excluding carboxylic acids is 2. The van der Waals surface area contributed by atoms with Gasteiger partial charge in [0.15, 0.2) is 17.5 Å². The lowest BCUT2D eigenvalue weighted by atomic mass is 9.92. The second kappa shape index (κ2) is 8.61. The van der Waals surface area contributed by atoms with Crippen LogP contribution in [0.2, 0.25) is 0 Å². The van der Waals surface area contributed by atoms with Crippen molar-refractivity contribution in [2.24, 2.45) is 0 Å². The van der Waals surface area contributed by atoms with Crippen LogP contribution in [0.3, 0.4) is 0 Å². The molecule has 0 unspecified atom stereocenters. The number of benzene rings is 2. The van der Waals surface area contributed by atoms with Crippen LogP contribution in [0, 0.1) is 0 Å². The lowest BCUT2D eigenvalue weighted by Crippen LogP contribution is -2.46. The lowest BCUT2D eigenvalue weighted by molar-refractivity contribution is -0.147. The summed E-state index contributed by atoms with van der Waals surface area (Å²) in [5, 5.41) is 0. The van der Waals surface area contributed by atoms with Crippen LogP contribution in [0.4, 0.5) is 4.79 Å². The molecule has 0 saturated heterocycles. The molecule has 2 aromatic rings. The normalized spacial score (nSPS) is 16.9. The van der Waals surface area contributed by atoms with Gasteiger partial charge in [0, 0.05) is 6.54 Å². The third-order valence-electron chi connectivity index (χ3n) is 5.24. The highest BCUT2D eigenvalue weighted by molar-refractivity contribution is 5.84. The summed E-state index contributed by atoms with van der Waals surface area (Å²) in [5.74, 6) is 1.60. The number of hydrogen-bond acceptors (Lipinski definition) is 7. The molecule has 8 nitrogen and oxygen atoms in total. The fraction of sp³-hybridized carbons (Fsp3) is 0.417. The number of hydrogen-bond donors (Lipinski definition) is 0. The number of amides is 1. The molecular formula is C24H27NO7. The van der Waals surface area contributed by atoms with Crippen LogP contribution in [0.15, 0.2) is 36.4 Å². The van der Waals surface area contributed by atoms with E-state index in [-0.39, 0.29) is 6.79 Å². The Morgan fingerprint density at radius 3 is 2.62 bits per heavy atom. The van der Waals surface area contributed by atoms with Crippen molar-refractivity contribution >= 4 is 12.1 Å². The molecule has 1 amide bonds. The first kappa shape index (κ1) is 21.8. The van der Waals surface area contributed by atoms with Gasteiger partial charge in [0.2, 0.25) is 6.79 Å². The largest absolute Gasteiger partial charge is 0.489 e. The van der Waals surface area contributed by atoms with E-state index in [0.717, 1.165) is 16.9 Å². The van der Waals surface area contributed by atoms with Crippen molar-refractivity contribution in [2.75, 3.05) is 20.4 Å². The minimum Gasteiger partial charge on any atom is -0.489 e. The summed E-state index contributed by atoms with van der Waals surface area (Å²) < 4.78 is 27.2. The summed E-state index contributed by atoms with van der Waals surface area (Å²) in [6.45, 7) is 6.30. The highest BCUT2D eigenvalue weighted by atomic mass is 16.7. The van der Waals surface area contributed by atoms with Crippen molar-refractivity contribution in [3.63, 3.8) is 0 Å². The summed E-state index contributed by atoms with van der Waals surface area (Å²) >= 11 is 0. The average Bonchev–Trinajstić information content (AvgIpc) is 3.22. The van der Waals surface area contributed by atoms with Crippen molar-refractivity contribution in [1.82, 2.24) is 4.90 Å². The van der Waals surface area contributed by atoms with E-state index in [4.69, 9.17) is 23.7 Å². The molecule has 0 bridgehead atoms. The SMILES string of the molecule is COC(=O)[C@H]1c2ccc(OCc3ccc4c(c3)OCO4)cc2CCN1C(=O)OC(C)(C)C. The molecule has 0 saturated carbocycles. The van der Waals surface area contributed by atoms with Gasteiger partial charge in [-0.15, -0.1) is 0 Å². The van der Waals surface area contributed by atoms with Gasteiger partial charge < -0.3 is 23.7 Å². The monoisotopic (exact) mass is 441 g/mol. The van der Waals surface area contributed by atoms with Crippen molar-refractivity contribution in [2.45, 2.75) is 45.4 Å². The Morgan fingerprint density at radius 2 is 1.88 bits per heavy atom. The van der Waals surface area contributed by atoms with Crippen molar-refractivity contribution in [3.05, 3.63) is 53.1 Å². The Labute approximate surface area is 187 Å². The van der Waals surface area contributed by atoms with Gasteiger partial charge >= 0.3 is 12.1 Å². The van der Waals surface area contributed by atoms with E-state index in [1.165, 1.54) is 12.0 Å². The van der Waals surface area contributed by atoms with Gasteiger partial charge in [-0.2, -0.15) is 0 Å². The van der Waals surface area contributed by atoms with Gasteiger partial charge in [-0.25, -0.2) is 9.59 Å². The predicted molar refractivity (Wildman–Crippen MR) is 115 cm³/mol. The first-order chi connectivity index (χ1) is 15.2. The van der Waals surface area contributed by atoms with Crippen molar-refractivity contribution < 1.29 is 33.3 Å². The molecule has 2 aliphatic rings. The van der Waals surface area contributed by atoms with E-state index in [1.54, 1.807) is 26.8 Å². The smallest absolute Gasteiger partial charge is 0.411 e. The van der Waals surface area contributed by atoms with Crippen molar-refractivity contribution in [1.29, 1.82) is 0 Å². The minimum absolute atomic E-state index is 0.228. The van der Waals surface area contributed by atoms with Gasteiger partial charge in [-0.1, -0.05) is 12.1 Å². The highest BCUT2D eigenvalue weighted by Gasteiger charge is 2.39. The predicted octanol–water partition coefficient (Wildman–Crippen LogP) is 4.00. The summed E-state index contributed by atoms with van der Waals surface area (Å²) in [4.78, 5) is 26.7. The minimum atomic E-state index is -0.860. The summed E-state index contributed by atoms with van der Waals surface area (Å²) in [5.41, 5.74) is 1.94. The number of fused-ring (bicyclic) bond motifs is 2. The molecule has 8 heteroatoms. The first-order valence-electron chi connectivity index (χ1n) is 10.5. The third kappa shape index (κ3) is 4.59. The van der Waals surface area contributed by atoms with Crippen LogP contribution in [0.1, 0.15) is 43.5 Å². The molecule has 0 fully saturated rings. The Hall–Kier alpha value is -3.42. The van der Waals surface area contributed by atoms with Crippen LogP contribution in [-0.4, -0.2) is 43.0 Å². The maximum absolute atomic E-state index is 12.7. The Morgan fingerprint density at radius 1 is 1.09 bits per heavy atom. The molecule has 32 heavy (non-hydrogen) atoms. The quantitative estimate of drug-likeness (QED) is 0.663. The summed E-state index contributed by atoms with van der Waals surface area (Å²) in [6, 6.07) is 10.3. The van der Waals surface area contributed by atoms with E-state index in [9.17, 15) is 9.59 Å². The zero-order chi connectivity index (χ0) is 22.9. The first-order valence-corrected chi connectivity index (χ1v) is 10.5. The van der Waals surface area contributed by atoms with Crippen LogP contribution in [0.25, 0.3) is 0 Å². The van der Waals surface area contributed by atoms with E-state index in [0.29, 0.717) is 36.6 Å². The Kier molecular flexibility index (Phi) is 5.86. The molecule has 2 heterocycles. The van der Waals surface area contributed by atoms with E-state index < -0.39 is 23.7 Å². The van der Waals surface area contributed by atoms with E-state index >= 15 is 0 Å². The Bertz CT molecular complexity index is 1030. The van der Waals surface area contributed by atoms with Gasteiger partial charge in [0.25, 0.3) is 0 Å². The molecule has 4 rings (SSSR count). The standard InChI is InChI=1S/C24H27NO7/c1-24(2,3)32-23(27)25-10-9-16-12-17(6-7-18(16)21(25)22(26)28-4)29-13-15-5-8-19-20(11-15)31-14-30-19/h5-8,11-12,21H,9-10,13-14H2,1-4H3/t21-/m1/s1. The molecule has 0 radical (unpaired) electrons. The molecule has 1 atom stereocenters. The fourth-order valence-corrected chi connectivity index (χ4v) is 3.77. The number of esters is 1. The average molecular weight is 441 g/mol. The summed E-state index contributed by atoms with van der Waals surface area (Å²) in [7, 11) is 1.31. The van der Waals surface area contributed by atoms with Crippen LogP contribution < -0.4 is 14.2 Å². The number of rotatable bonds is 4. The van der Waals surface area contributed by atoms with Crippen LogP contribution in [-0.2, 0) is 27.3 Å². The third-order valence-corrected chi connectivity index (χ3v) is 5.24. The molecule has 0 spiro atoms. The van der Waals surface area contributed by atoms with Gasteiger partial charge in [0.1, 0.15) is 18.0 Å². The zero-order valence-electron chi connectivity index (χ0n) is 18.7. The van der Waals surface area contributed by atoms with Crippen LogP contribution >= 0.6 is 0 Å². The molecule has 0 aromatic heterocycles. The van der Waals surface area contributed by atoms with Crippen molar-refractivity contribution in [3.8, 4) is 17.2 Å². The van der Waals surface area contributed by atoms with Gasteiger partial charge in [-0.3, -0.25) is 4.90 Å². The number of ether oxygens (including phenoxy) is 5. The molecule has 0 aliphatic carbocycles. The highest BCUT2D eigenvalue weighted by Crippen LogP contribution is 2.35. The topological polar surface area (TPSA) is 83.5 Å². The van der Waals surface area contributed by atoms with Crippen LogP contribution in [0.5, 0.6) is 17.2 Å². The molecule has 0 N–H and O–H groups in total. The second-order valence-corrected chi connectivity index (χ2v) is 8.69. The second-order valence-electron chi connectivity index (χ2n) is 8.69. The number of methoxy groups -OCH3 is 1. The fourth-order valence-electron chi connectivity index (χ4n) is 3.77. The molecule has 2 aliphatic heterocycles. The van der Waals surface area contributed by atoms with E-state index in [1.807, 2.05) is 30.3 Å². The summed E-state index contributed by atoms with van der Waals surface area (Å²) in [6.07, 6.45) is 0.0326. The zero-order valence-corrected chi connectivity index (χ0v) is 18.7. The molecule has 2 aromatic carbocycles. The molecule has 170 valence electrons. The number of carbonyl (C=O) groups is 2. The molecular weight excluding hydrogens is 414 g/mol. The maximum atomic E-state index is 12.7. The Balaban J connectivity index is 1.51. The number of nitrogens with zero attached hydrogens (tertiary/aromatic N) is 1.